The number of hydrogen-bond donors (Lipinski definition) is 3. The van der Waals surface area contributed by atoms with Gasteiger partial charge < -0.3 is 15.4 Å². The molecule has 166 valence electrons. The Kier molecular flexibility index (Phi) is 8.36. The Morgan fingerprint density at radius 2 is 1.65 bits per heavy atom. The summed E-state index contributed by atoms with van der Waals surface area (Å²) in [4.78, 5) is 26.3. The number of nitro benzene ring substituents is 1. The molecule has 0 saturated carbocycles. The molecule has 0 aliphatic rings. The lowest BCUT2D eigenvalue weighted by Crippen LogP contribution is -2.37. The summed E-state index contributed by atoms with van der Waals surface area (Å²) in [5.74, 6) is 0.640. The minimum Gasteiger partial charge on any atom is -0.444 e. The maximum atomic E-state index is 11.8. The number of non-ortho nitro benzene ring substituents is 1. The molecule has 9 heteroatoms. The van der Waals surface area contributed by atoms with Gasteiger partial charge in [-0.3, -0.25) is 20.4 Å². The topological polar surface area (TPSA) is 118 Å². The van der Waals surface area contributed by atoms with E-state index in [0.717, 1.165) is 17.5 Å². The van der Waals surface area contributed by atoms with Crippen molar-refractivity contribution in [2.45, 2.75) is 39.3 Å². The summed E-state index contributed by atoms with van der Waals surface area (Å²) in [5, 5.41) is 19.8. The number of amides is 1. The van der Waals surface area contributed by atoms with Crippen LogP contribution in [-0.4, -0.2) is 36.2 Å². The van der Waals surface area contributed by atoms with Gasteiger partial charge in [-0.2, -0.15) is 0 Å². The summed E-state index contributed by atoms with van der Waals surface area (Å²) in [6.07, 6.45) is 0.287. The number of aliphatic imine (C=N–C) groups is 1. The van der Waals surface area contributed by atoms with Gasteiger partial charge in [0.1, 0.15) is 5.60 Å². The van der Waals surface area contributed by atoms with Gasteiger partial charge >= 0.3 is 6.09 Å². The van der Waals surface area contributed by atoms with E-state index in [2.05, 4.69) is 20.9 Å². The maximum absolute atomic E-state index is 11.8. The van der Waals surface area contributed by atoms with Crippen LogP contribution in [0.15, 0.2) is 53.5 Å². The second-order valence-corrected chi connectivity index (χ2v) is 7.85. The minimum atomic E-state index is -0.541. The Bertz CT molecular complexity index is 903. The zero-order chi connectivity index (χ0) is 22.9. The molecule has 0 heterocycles. The normalized spacial score (nSPS) is 11.5. The van der Waals surface area contributed by atoms with Crippen molar-refractivity contribution < 1.29 is 14.5 Å². The van der Waals surface area contributed by atoms with Crippen molar-refractivity contribution in [2.75, 3.05) is 18.9 Å². The van der Waals surface area contributed by atoms with Crippen molar-refractivity contribution in [1.29, 1.82) is 0 Å². The molecule has 0 saturated heterocycles. The van der Waals surface area contributed by atoms with E-state index < -0.39 is 16.6 Å². The number of benzene rings is 2. The van der Waals surface area contributed by atoms with Crippen molar-refractivity contribution in [3.05, 3.63) is 69.8 Å². The van der Waals surface area contributed by atoms with Crippen molar-refractivity contribution in [3.63, 3.8) is 0 Å². The second-order valence-electron chi connectivity index (χ2n) is 7.85. The predicted octanol–water partition coefficient (Wildman–Crippen LogP) is 3.85. The Morgan fingerprint density at radius 3 is 2.19 bits per heavy atom. The number of nitrogens with one attached hydrogen (secondary N) is 3. The Balaban J connectivity index is 1.75. The minimum absolute atomic E-state index is 0.0681. The first-order chi connectivity index (χ1) is 14.7. The van der Waals surface area contributed by atoms with Crippen molar-refractivity contribution in [3.8, 4) is 0 Å². The van der Waals surface area contributed by atoms with Gasteiger partial charge in [-0.25, -0.2) is 4.79 Å². The van der Waals surface area contributed by atoms with E-state index in [9.17, 15) is 14.9 Å². The summed E-state index contributed by atoms with van der Waals surface area (Å²) in [5.41, 5.74) is 2.22. The number of hydrogen-bond acceptors (Lipinski definition) is 5. The summed E-state index contributed by atoms with van der Waals surface area (Å²) in [6.45, 7) is 6.62. The number of nitrogens with zero attached hydrogens (tertiary/aromatic N) is 2. The van der Waals surface area contributed by atoms with Gasteiger partial charge in [0.05, 0.1) is 4.92 Å². The molecule has 0 unspecified atom stereocenters. The van der Waals surface area contributed by atoms with Gasteiger partial charge in [-0.05, 0) is 50.5 Å². The number of carbonyl (C=O) groups excluding carboxylic acids is 1. The molecule has 2 aromatic rings. The summed E-state index contributed by atoms with van der Waals surface area (Å²) in [7, 11) is 1.68. The molecule has 2 rings (SSSR count). The number of carbonyl (C=O) groups is 1. The van der Waals surface area contributed by atoms with Crippen molar-refractivity contribution in [2.24, 2.45) is 4.99 Å². The first-order valence-electron chi connectivity index (χ1n) is 9.93. The third-order valence-corrected chi connectivity index (χ3v) is 4.14. The van der Waals surface area contributed by atoms with E-state index in [4.69, 9.17) is 4.74 Å². The lowest BCUT2D eigenvalue weighted by molar-refractivity contribution is -0.384. The van der Waals surface area contributed by atoms with Crippen LogP contribution < -0.4 is 16.0 Å². The van der Waals surface area contributed by atoms with E-state index in [-0.39, 0.29) is 5.69 Å². The molecule has 0 aliphatic heterocycles. The second kappa shape index (κ2) is 11.0. The molecule has 1 amide bonds. The molecule has 9 nitrogen and oxygen atoms in total. The van der Waals surface area contributed by atoms with Crippen LogP contribution in [-0.2, 0) is 17.7 Å². The number of rotatable bonds is 7. The fourth-order valence-corrected chi connectivity index (χ4v) is 2.64. The van der Waals surface area contributed by atoms with Gasteiger partial charge in [0.25, 0.3) is 5.69 Å². The molecule has 2 aromatic carbocycles. The Labute approximate surface area is 182 Å². The number of nitro groups is 1. The fraction of sp³-hybridized carbons (Fsp3) is 0.364. The highest BCUT2D eigenvalue weighted by Crippen LogP contribution is 2.13. The van der Waals surface area contributed by atoms with Crippen LogP contribution in [0.3, 0.4) is 0 Å². The van der Waals surface area contributed by atoms with Crippen LogP contribution in [0, 0.1) is 10.1 Å². The van der Waals surface area contributed by atoms with E-state index >= 15 is 0 Å². The molecular weight excluding hydrogens is 398 g/mol. The number of anilines is 1. The third-order valence-electron chi connectivity index (χ3n) is 4.14. The molecule has 0 spiro atoms. The SMILES string of the molecule is CN=C(NCCc1ccc(NC(=O)OC(C)(C)C)cc1)NCc1ccc([N+](=O)[O-])cc1. The van der Waals surface area contributed by atoms with Crippen LogP contribution in [0.1, 0.15) is 31.9 Å². The zero-order valence-electron chi connectivity index (χ0n) is 18.3. The molecular formula is C22H29N5O4. The molecule has 0 fully saturated rings. The Hall–Kier alpha value is -3.62. The zero-order valence-corrected chi connectivity index (χ0v) is 18.3. The molecule has 0 atom stereocenters. The summed E-state index contributed by atoms with van der Waals surface area (Å²) >= 11 is 0. The van der Waals surface area contributed by atoms with Crippen LogP contribution >= 0.6 is 0 Å². The quantitative estimate of drug-likeness (QED) is 0.267. The average Bonchev–Trinajstić information content (AvgIpc) is 2.70. The molecule has 0 radical (unpaired) electrons. The fourth-order valence-electron chi connectivity index (χ4n) is 2.64. The van der Waals surface area contributed by atoms with Gasteiger partial charge in [-0.1, -0.05) is 24.3 Å². The number of ether oxygens (including phenoxy) is 1. The van der Waals surface area contributed by atoms with Crippen molar-refractivity contribution >= 4 is 23.4 Å². The standard InChI is InChI=1S/C22H29N5O4/c1-22(2,3)31-21(28)26-18-9-5-16(6-10-18)13-14-24-20(23-4)25-15-17-7-11-19(12-8-17)27(29)30/h5-12H,13-15H2,1-4H3,(H,26,28)(H2,23,24,25). The van der Waals surface area contributed by atoms with Gasteiger partial charge in [0.2, 0.25) is 0 Å². The Morgan fingerprint density at radius 1 is 1.03 bits per heavy atom. The van der Waals surface area contributed by atoms with Crippen molar-refractivity contribution in [1.82, 2.24) is 10.6 Å². The average molecular weight is 428 g/mol. The van der Waals surface area contributed by atoms with E-state index in [0.29, 0.717) is 24.7 Å². The van der Waals surface area contributed by atoms with Gasteiger partial charge in [0.15, 0.2) is 5.96 Å². The first kappa shape index (κ1) is 23.7. The van der Waals surface area contributed by atoms with Crippen LogP contribution in [0.5, 0.6) is 0 Å². The lowest BCUT2D eigenvalue weighted by atomic mass is 10.1. The highest BCUT2D eigenvalue weighted by atomic mass is 16.6. The molecule has 0 bridgehead atoms. The van der Waals surface area contributed by atoms with Crippen LogP contribution in [0.4, 0.5) is 16.2 Å². The lowest BCUT2D eigenvalue weighted by Gasteiger charge is -2.19. The largest absolute Gasteiger partial charge is 0.444 e. The van der Waals surface area contributed by atoms with Crippen LogP contribution in [0.25, 0.3) is 0 Å². The highest BCUT2D eigenvalue weighted by molar-refractivity contribution is 5.84. The summed E-state index contributed by atoms with van der Waals surface area (Å²) < 4.78 is 5.24. The predicted molar refractivity (Wildman–Crippen MR) is 121 cm³/mol. The van der Waals surface area contributed by atoms with E-state index in [1.807, 2.05) is 45.0 Å². The summed E-state index contributed by atoms with van der Waals surface area (Å²) in [6, 6.07) is 13.9. The molecule has 3 N–H and O–H groups in total. The smallest absolute Gasteiger partial charge is 0.412 e. The first-order valence-corrected chi connectivity index (χ1v) is 9.93. The molecule has 0 aliphatic carbocycles. The highest BCUT2D eigenvalue weighted by Gasteiger charge is 2.16. The molecule has 0 aromatic heterocycles. The van der Waals surface area contributed by atoms with Gasteiger partial charge in [-0.15, -0.1) is 0 Å². The molecule has 31 heavy (non-hydrogen) atoms. The van der Waals surface area contributed by atoms with Gasteiger partial charge in [0, 0.05) is 38.0 Å². The van der Waals surface area contributed by atoms with E-state index in [1.165, 1.54) is 12.1 Å². The van der Waals surface area contributed by atoms with Crippen LogP contribution in [0.2, 0.25) is 0 Å². The van der Waals surface area contributed by atoms with E-state index in [1.54, 1.807) is 19.2 Å². The third kappa shape index (κ3) is 8.73. The number of guanidine groups is 1. The monoisotopic (exact) mass is 427 g/mol. The maximum Gasteiger partial charge on any atom is 0.412 e.